The van der Waals surface area contributed by atoms with Crippen LogP contribution in [-0.4, -0.2) is 52.4 Å². The van der Waals surface area contributed by atoms with E-state index in [2.05, 4.69) is 25.3 Å². The van der Waals surface area contributed by atoms with Crippen LogP contribution >= 0.6 is 0 Å². The number of sulfonamides is 1. The van der Waals surface area contributed by atoms with E-state index in [4.69, 9.17) is 10.5 Å². The van der Waals surface area contributed by atoms with Crippen LogP contribution in [-0.2, 0) is 32.4 Å². The zero-order valence-electron chi connectivity index (χ0n) is 25.4. The number of amides is 1. The van der Waals surface area contributed by atoms with Crippen molar-refractivity contribution in [3.05, 3.63) is 89.9 Å². The number of aryl methyl sites for hydroxylation is 1. The minimum atomic E-state index is -4.45. The van der Waals surface area contributed by atoms with Crippen LogP contribution in [0.1, 0.15) is 60.9 Å². The molecule has 0 bridgehead atoms. The van der Waals surface area contributed by atoms with E-state index in [0.29, 0.717) is 59.7 Å². The maximum atomic E-state index is 15.2. The molecule has 4 aromatic rings. The van der Waals surface area contributed by atoms with Gasteiger partial charge in [-0.2, -0.15) is 8.42 Å². The van der Waals surface area contributed by atoms with E-state index in [1.165, 1.54) is 24.5 Å². The molecule has 1 aliphatic rings. The van der Waals surface area contributed by atoms with Gasteiger partial charge in [0.2, 0.25) is 0 Å². The highest BCUT2D eigenvalue weighted by Gasteiger charge is 2.29. The number of rotatable bonds is 11. The lowest BCUT2D eigenvalue weighted by atomic mass is 9.97. The summed E-state index contributed by atoms with van der Waals surface area (Å²) >= 11 is 0. The average molecular weight is 666 g/mol. The van der Waals surface area contributed by atoms with E-state index in [-0.39, 0.29) is 12.5 Å². The number of hydrogen-bond donors (Lipinski definition) is 3. The first-order valence-electron chi connectivity index (χ1n) is 15.0. The number of carbonyl (C=O) groups excluding carboxylic acids is 2. The Balaban J connectivity index is 1.31. The van der Waals surface area contributed by atoms with Gasteiger partial charge >= 0.3 is 5.97 Å². The van der Waals surface area contributed by atoms with Gasteiger partial charge in [0.25, 0.3) is 15.9 Å². The van der Waals surface area contributed by atoms with Gasteiger partial charge in [-0.25, -0.2) is 28.5 Å². The van der Waals surface area contributed by atoms with Crippen LogP contribution in [0.15, 0.2) is 66.2 Å². The third-order valence-corrected chi connectivity index (χ3v) is 8.88. The summed E-state index contributed by atoms with van der Waals surface area (Å²) in [7, 11) is -4.45. The van der Waals surface area contributed by atoms with Crippen molar-refractivity contribution in [1.29, 1.82) is 0 Å². The molecule has 0 saturated heterocycles. The van der Waals surface area contributed by atoms with Crippen molar-refractivity contribution in [2.75, 3.05) is 10.5 Å². The SMILES string of the molecule is CCc1ncc(-c2ccc(S(=O)(=O)Nc3cc(F)c(C(=O)N[C@@H](Cc4ccc(N)cn4)C(=O)OC4CCCCC4)cc3F)nc2)cn1. The number of nitrogens with two attached hydrogens (primary N) is 1. The van der Waals surface area contributed by atoms with E-state index in [1.807, 2.05) is 11.6 Å². The van der Waals surface area contributed by atoms with Crippen LogP contribution in [0.3, 0.4) is 0 Å². The Morgan fingerprint density at radius 3 is 2.30 bits per heavy atom. The molecule has 3 heterocycles. The van der Waals surface area contributed by atoms with Gasteiger partial charge in [-0.1, -0.05) is 13.3 Å². The Labute approximate surface area is 270 Å². The summed E-state index contributed by atoms with van der Waals surface area (Å²) in [5.74, 6) is -3.66. The van der Waals surface area contributed by atoms with Crippen LogP contribution < -0.4 is 15.8 Å². The van der Waals surface area contributed by atoms with Gasteiger partial charge < -0.3 is 15.8 Å². The predicted octanol–water partition coefficient (Wildman–Crippen LogP) is 4.37. The first kappa shape index (κ1) is 33.3. The molecular weight excluding hydrogens is 632 g/mol. The number of aromatic nitrogens is 4. The first-order chi connectivity index (χ1) is 22.5. The van der Waals surface area contributed by atoms with E-state index in [9.17, 15) is 18.0 Å². The Bertz CT molecular complexity index is 1840. The number of carbonyl (C=O) groups is 2. The normalized spacial score (nSPS) is 14.3. The largest absolute Gasteiger partial charge is 0.461 e. The number of benzene rings is 1. The lowest BCUT2D eigenvalue weighted by Gasteiger charge is -2.25. The van der Waals surface area contributed by atoms with E-state index >= 15 is 8.78 Å². The fourth-order valence-electron chi connectivity index (χ4n) is 5.02. The van der Waals surface area contributed by atoms with Crippen LogP contribution in [0, 0.1) is 11.6 Å². The topological polar surface area (TPSA) is 179 Å². The standard InChI is InChI=1S/C32H33F2N7O5S/c1-2-29-37-16-20(17-38-29)19-8-11-30(39-15-19)47(44,45)41-27-14-25(33)24(13-26(27)34)31(42)40-28(12-22-10-9-21(35)18-36-22)32(43)46-23-6-4-3-5-7-23/h8-11,13-18,23,28,41H,2-7,12,35H2,1H3,(H,40,42)/t28-/m0/s1. The lowest BCUT2D eigenvalue weighted by Crippen LogP contribution is -2.45. The van der Waals surface area contributed by atoms with Crippen molar-refractivity contribution >= 4 is 33.3 Å². The minimum Gasteiger partial charge on any atom is -0.461 e. The third-order valence-electron chi connectivity index (χ3n) is 7.60. The van der Waals surface area contributed by atoms with E-state index < -0.39 is 55.9 Å². The Morgan fingerprint density at radius 2 is 1.66 bits per heavy atom. The Morgan fingerprint density at radius 1 is 0.936 bits per heavy atom. The zero-order valence-corrected chi connectivity index (χ0v) is 26.3. The van der Waals surface area contributed by atoms with Gasteiger partial charge in [-0.15, -0.1) is 0 Å². The summed E-state index contributed by atoms with van der Waals surface area (Å²) in [6.07, 6.45) is 10.3. The molecule has 246 valence electrons. The highest BCUT2D eigenvalue weighted by Crippen LogP contribution is 2.25. The highest BCUT2D eigenvalue weighted by atomic mass is 32.2. The molecular formula is C32H33F2N7O5S. The molecule has 0 aliphatic heterocycles. The smallest absolute Gasteiger partial charge is 0.329 e. The molecule has 1 atom stereocenters. The van der Waals surface area contributed by atoms with Crippen LogP contribution in [0.5, 0.6) is 0 Å². The summed E-state index contributed by atoms with van der Waals surface area (Å²) in [6, 6.07) is 5.64. The average Bonchev–Trinajstić information content (AvgIpc) is 3.07. The zero-order chi connectivity index (χ0) is 33.6. The Kier molecular flexibility index (Phi) is 10.3. The number of pyridine rings is 2. The summed E-state index contributed by atoms with van der Waals surface area (Å²) in [5, 5.41) is 1.97. The molecule has 1 saturated carbocycles. The molecule has 3 aromatic heterocycles. The second-order valence-corrected chi connectivity index (χ2v) is 12.7. The molecule has 4 N–H and O–H groups in total. The number of ether oxygens (including phenoxy) is 1. The second kappa shape index (κ2) is 14.6. The molecule has 0 spiro atoms. The second-order valence-electron chi connectivity index (χ2n) is 11.1. The number of nitrogen functional groups attached to an aromatic ring is 1. The summed E-state index contributed by atoms with van der Waals surface area (Å²) in [6.45, 7) is 1.91. The van der Waals surface area contributed by atoms with Crippen LogP contribution in [0.2, 0.25) is 0 Å². The molecule has 15 heteroatoms. The molecule has 5 rings (SSSR count). The minimum absolute atomic E-state index is 0.0948. The van der Waals surface area contributed by atoms with Crippen molar-refractivity contribution in [2.24, 2.45) is 0 Å². The summed E-state index contributed by atoms with van der Waals surface area (Å²) < 4.78 is 63.9. The fraction of sp³-hybridized carbons (Fsp3) is 0.312. The number of anilines is 2. The van der Waals surface area contributed by atoms with Crippen molar-refractivity contribution in [2.45, 2.75) is 69.0 Å². The molecule has 47 heavy (non-hydrogen) atoms. The van der Waals surface area contributed by atoms with Crippen molar-refractivity contribution in [3.8, 4) is 11.1 Å². The third kappa shape index (κ3) is 8.41. The molecule has 1 aliphatic carbocycles. The number of esters is 1. The van der Waals surface area contributed by atoms with Gasteiger partial charge in [0.15, 0.2) is 5.03 Å². The maximum Gasteiger partial charge on any atom is 0.329 e. The molecule has 1 aromatic carbocycles. The number of nitrogens with zero attached hydrogens (tertiary/aromatic N) is 4. The van der Waals surface area contributed by atoms with E-state index in [1.54, 1.807) is 24.5 Å². The van der Waals surface area contributed by atoms with Crippen LogP contribution in [0.4, 0.5) is 20.2 Å². The highest BCUT2D eigenvalue weighted by molar-refractivity contribution is 7.92. The molecule has 0 unspecified atom stereocenters. The molecule has 1 fully saturated rings. The molecule has 1 amide bonds. The van der Waals surface area contributed by atoms with Crippen molar-refractivity contribution in [1.82, 2.24) is 25.3 Å². The van der Waals surface area contributed by atoms with Gasteiger partial charge in [-0.3, -0.25) is 14.5 Å². The van der Waals surface area contributed by atoms with Gasteiger partial charge in [-0.05, 0) is 56.0 Å². The van der Waals surface area contributed by atoms with Crippen molar-refractivity contribution in [3.63, 3.8) is 0 Å². The lowest BCUT2D eigenvalue weighted by molar-refractivity contribution is -0.152. The van der Waals surface area contributed by atoms with Gasteiger partial charge in [0.05, 0.1) is 23.1 Å². The van der Waals surface area contributed by atoms with Crippen LogP contribution in [0.25, 0.3) is 11.1 Å². The van der Waals surface area contributed by atoms with E-state index in [0.717, 1.165) is 19.3 Å². The summed E-state index contributed by atoms with van der Waals surface area (Å²) in [4.78, 5) is 42.8. The predicted molar refractivity (Wildman–Crippen MR) is 168 cm³/mol. The number of halogens is 2. The maximum absolute atomic E-state index is 15.2. The molecule has 12 nitrogen and oxygen atoms in total. The Hall–Kier alpha value is -5.05. The van der Waals surface area contributed by atoms with Gasteiger partial charge in [0.1, 0.15) is 29.6 Å². The summed E-state index contributed by atoms with van der Waals surface area (Å²) in [5.41, 5.74) is 6.18. The van der Waals surface area contributed by atoms with Crippen molar-refractivity contribution < 1.29 is 31.5 Å². The number of nitrogens with one attached hydrogen (secondary N) is 2. The monoisotopic (exact) mass is 665 g/mol. The van der Waals surface area contributed by atoms with Gasteiger partial charge in [0, 0.05) is 54.3 Å². The number of hydrogen-bond acceptors (Lipinski definition) is 10. The first-order valence-corrected chi connectivity index (χ1v) is 16.5. The molecule has 0 radical (unpaired) electrons. The fourth-order valence-corrected chi connectivity index (χ4v) is 6.01. The quantitative estimate of drug-likeness (QED) is 0.195.